The highest BCUT2D eigenvalue weighted by Gasteiger charge is 2.13. The Kier molecular flexibility index (Phi) is 5.00. The molecule has 0 N–H and O–H groups in total. The van der Waals surface area contributed by atoms with Gasteiger partial charge in [-0.3, -0.25) is 4.79 Å². The van der Waals surface area contributed by atoms with Gasteiger partial charge in [0.15, 0.2) is 6.61 Å². The molecule has 0 aromatic heterocycles. The van der Waals surface area contributed by atoms with Crippen molar-refractivity contribution in [1.82, 2.24) is 0 Å². The summed E-state index contributed by atoms with van der Waals surface area (Å²) in [6.07, 6.45) is 0. The molecule has 0 atom stereocenters. The quantitative estimate of drug-likeness (QED) is 0.582. The van der Waals surface area contributed by atoms with E-state index in [1.54, 1.807) is 13.2 Å². The number of carbonyl (C=O) groups is 1. The van der Waals surface area contributed by atoms with E-state index in [0.717, 1.165) is 9.13 Å². The van der Waals surface area contributed by atoms with Gasteiger partial charge in [-0.2, -0.15) is 0 Å². The lowest BCUT2D eigenvalue weighted by molar-refractivity contribution is 0.0918. The zero-order chi connectivity index (χ0) is 14.5. The summed E-state index contributed by atoms with van der Waals surface area (Å²) in [7, 11) is 1.56. The molecule has 104 valence electrons. The van der Waals surface area contributed by atoms with Gasteiger partial charge in [0.25, 0.3) is 0 Å². The first-order chi connectivity index (χ1) is 9.60. The summed E-state index contributed by atoms with van der Waals surface area (Å²) in [6.45, 7) is 1.96. The smallest absolute Gasteiger partial charge is 0.203 e. The van der Waals surface area contributed by atoms with E-state index in [1.165, 1.54) is 0 Å². The molecule has 0 aliphatic heterocycles. The van der Waals surface area contributed by atoms with E-state index in [0.29, 0.717) is 17.1 Å². The Labute approximate surface area is 132 Å². The third kappa shape index (κ3) is 3.72. The zero-order valence-corrected chi connectivity index (χ0v) is 13.5. The SMILES string of the molecule is COc1cc(C)ccc1C(=O)COc1ccc(I)cc1. The van der Waals surface area contributed by atoms with Gasteiger partial charge in [0, 0.05) is 3.57 Å². The second-order valence-corrected chi connectivity index (χ2v) is 5.62. The van der Waals surface area contributed by atoms with Gasteiger partial charge in [0.1, 0.15) is 11.5 Å². The van der Waals surface area contributed by atoms with Gasteiger partial charge in [-0.15, -0.1) is 0 Å². The van der Waals surface area contributed by atoms with E-state index in [4.69, 9.17) is 9.47 Å². The van der Waals surface area contributed by atoms with Gasteiger partial charge in [0.2, 0.25) is 5.78 Å². The van der Waals surface area contributed by atoms with Crippen LogP contribution in [0.5, 0.6) is 11.5 Å². The summed E-state index contributed by atoms with van der Waals surface area (Å²) in [4.78, 5) is 12.2. The van der Waals surface area contributed by atoms with E-state index in [1.807, 2.05) is 43.3 Å². The molecule has 0 heterocycles. The molecule has 2 aromatic carbocycles. The molecule has 3 nitrogen and oxygen atoms in total. The van der Waals surface area contributed by atoms with Crippen LogP contribution in [-0.2, 0) is 0 Å². The van der Waals surface area contributed by atoms with Crippen LogP contribution in [0.2, 0.25) is 0 Å². The Bertz CT molecular complexity index is 606. The molecule has 2 rings (SSSR count). The molecule has 0 unspecified atom stereocenters. The van der Waals surface area contributed by atoms with Crippen molar-refractivity contribution in [3.63, 3.8) is 0 Å². The maximum atomic E-state index is 12.2. The highest BCUT2D eigenvalue weighted by Crippen LogP contribution is 2.21. The number of rotatable bonds is 5. The Hall–Kier alpha value is -1.56. The molecule has 2 aromatic rings. The zero-order valence-electron chi connectivity index (χ0n) is 11.4. The third-order valence-electron chi connectivity index (χ3n) is 2.84. The van der Waals surface area contributed by atoms with Crippen LogP contribution < -0.4 is 9.47 Å². The number of ether oxygens (including phenoxy) is 2. The second-order valence-electron chi connectivity index (χ2n) is 4.37. The first-order valence-corrected chi connectivity index (χ1v) is 7.24. The van der Waals surface area contributed by atoms with Gasteiger partial charge in [-0.05, 0) is 71.5 Å². The molecule has 4 heteroatoms. The van der Waals surface area contributed by atoms with Crippen LogP contribution >= 0.6 is 22.6 Å². The molecule has 0 bridgehead atoms. The largest absolute Gasteiger partial charge is 0.496 e. The van der Waals surface area contributed by atoms with E-state index in [2.05, 4.69) is 22.6 Å². The van der Waals surface area contributed by atoms with Crippen LogP contribution in [0.4, 0.5) is 0 Å². The van der Waals surface area contributed by atoms with Crippen LogP contribution in [0.15, 0.2) is 42.5 Å². The summed E-state index contributed by atoms with van der Waals surface area (Å²) in [6, 6.07) is 13.1. The van der Waals surface area contributed by atoms with Gasteiger partial charge in [0.05, 0.1) is 12.7 Å². The number of hydrogen-bond donors (Lipinski definition) is 0. The lowest BCUT2D eigenvalue weighted by Crippen LogP contribution is -2.12. The van der Waals surface area contributed by atoms with Crippen LogP contribution in [0, 0.1) is 10.5 Å². The first kappa shape index (κ1) is 14.8. The number of carbonyl (C=O) groups excluding carboxylic acids is 1. The van der Waals surface area contributed by atoms with Crippen LogP contribution in [-0.4, -0.2) is 19.5 Å². The van der Waals surface area contributed by atoms with Crippen LogP contribution in [0.25, 0.3) is 0 Å². The molecule has 0 radical (unpaired) electrons. The minimum atomic E-state index is -0.0969. The number of benzene rings is 2. The lowest BCUT2D eigenvalue weighted by Gasteiger charge is -2.09. The third-order valence-corrected chi connectivity index (χ3v) is 3.56. The van der Waals surface area contributed by atoms with Crippen molar-refractivity contribution in [3.8, 4) is 11.5 Å². The standard InChI is InChI=1S/C16H15IO3/c1-11-3-8-14(16(9-11)19-2)15(18)10-20-13-6-4-12(17)5-7-13/h3-9H,10H2,1-2H3. The van der Waals surface area contributed by atoms with E-state index < -0.39 is 0 Å². The van der Waals surface area contributed by atoms with Crippen LogP contribution in [0.3, 0.4) is 0 Å². The normalized spacial score (nSPS) is 10.2. The predicted molar refractivity (Wildman–Crippen MR) is 86.7 cm³/mol. The molecule has 0 spiro atoms. The maximum Gasteiger partial charge on any atom is 0.203 e. The average molecular weight is 382 g/mol. The Morgan fingerprint density at radius 3 is 2.50 bits per heavy atom. The fraction of sp³-hybridized carbons (Fsp3) is 0.188. The van der Waals surface area contributed by atoms with Gasteiger partial charge in [-0.25, -0.2) is 0 Å². The number of hydrogen-bond acceptors (Lipinski definition) is 3. The lowest BCUT2D eigenvalue weighted by atomic mass is 10.1. The number of aryl methyl sites for hydroxylation is 1. The molecule has 0 saturated carbocycles. The van der Waals surface area contributed by atoms with Crippen molar-refractivity contribution >= 4 is 28.4 Å². The molecule has 20 heavy (non-hydrogen) atoms. The molecular formula is C16H15IO3. The second kappa shape index (κ2) is 6.74. The monoisotopic (exact) mass is 382 g/mol. The first-order valence-electron chi connectivity index (χ1n) is 6.16. The van der Waals surface area contributed by atoms with Crippen molar-refractivity contribution in [2.24, 2.45) is 0 Å². The topological polar surface area (TPSA) is 35.5 Å². The summed E-state index contributed by atoms with van der Waals surface area (Å²) in [5, 5.41) is 0. The average Bonchev–Trinajstić information content (AvgIpc) is 2.46. The Balaban J connectivity index is 2.07. The maximum absolute atomic E-state index is 12.2. The Morgan fingerprint density at radius 2 is 1.85 bits per heavy atom. The fourth-order valence-electron chi connectivity index (χ4n) is 1.79. The van der Waals surface area contributed by atoms with Crippen molar-refractivity contribution in [2.75, 3.05) is 13.7 Å². The minimum absolute atomic E-state index is 0.0000132. The van der Waals surface area contributed by atoms with E-state index >= 15 is 0 Å². The van der Waals surface area contributed by atoms with Gasteiger partial charge >= 0.3 is 0 Å². The van der Waals surface area contributed by atoms with Gasteiger partial charge < -0.3 is 9.47 Å². The minimum Gasteiger partial charge on any atom is -0.496 e. The fourth-order valence-corrected chi connectivity index (χ4v) is 2.15. The highest BCUT2D eigenvalue weighted by molar-refractivity contribution is 14.1. The van der Waals surface area contributed by atoms with Crippen LogP contribution in [0.1, 0.15) is 15.9 Å². The molecular weight excluding hydrogens is 367 g/mol. The van der Waals surface area contributed by atoms with Crippen molar-refractivity contribution in [1.29, 1.82) is 0 Å². The van der Waals surface area contributed by atoms with Crippen molar-refractivity contribution < 1.29 is 14.3 Å². The molecule has 0 amide bonds. The molecule has 0 aliphatic rings. The summed E-state index contributed by atoms with van der Waals surface area (Å²) in [5.41, 5.74) is 1.60. The summed E-state index contributed by atoms with van der Waals surface area (Å²) in [5.74, 6) is 1.17. The molecule has 0 fully saturated rings. The molecule has 0 saturated heterocycles. The Morgan fingerprint density at radius 1 is 1.15 bits per heavy atom. The number of Topliss-reactive ketones (excluding diaryl/α,β-unsaturated/α-hetero) is 1. The highest BCUT2D eigenvalue weighted by atomic mass is 127. The molecule has 0 aliphatic carbocycles. The van der Waals surface area contributed by atoms with E-state index in [-0.39, 0.29) is 12.4 Å². The predicted octanol–water partition coefficient (Wildman–Crippen LogP) is 3.87. The van der Waals surface area contributed by atoms with Crippen molar-refractivity contribution in [2.45, 2.75) is 6.92 Å². The van der Waals surface area contributed by atoms with Crippen molar-refractivity contribution in [3.05, 3.63) is 57.2 Å². The van der Waals surface area contributed by atoms with Gasteiger partial charge in [-0.1, -0.05) is 6.07 Å². The number of methoxy groups -OCH3 is 1. The van der Waals surface area contributed by atoms with E-state index in [9.17, 15) is 4.79 Å². The summed E-state index contributed by atoms with van der Waals surface area (Å²) >= 11 is 2.22. The number of ketones is 1. The number of halogens is 1. The summed E-state index contributed by atoms with van der Waals surface area (Å²) < 4.78 is 11.9.